The van der Waals surface area contributed by atoms with Crippen LogP contribution in [-0.4, -0.2) is 10.6 Å². The molecular weight excluding hydrogens is 294 g/mol. The third-order valence-corrected chi connectivity index (χ3v) is 4.21. The Morgan fingerprint density at radius 2 is 2.10 bits per heavy atom. The quantitative estimate of drug-likeness (QED) is 0.709. The predicted molar refractivity (Wildman–Crippen MR) is 38.5 cm³/mol. The van der Waals surface area contributed by atoms with Crippen molar-refractivity contribution in [3.63, 3.8) is 0 Å². The van der Waals surface area contributed by atoms with E-state index in [2.05, 4.69) is 5.32 Å². The van der Waals surface area contributed by atoms with Crippen molar-refractivity contribution in [2.24, 2.45) is 5.41 Å². The fraction of sp³-hybridized carbons (Fsp3) is 0.875. The van der Waals surface area contributed by atoms with Crippen LogP contribution in [0.4, 0.5) is 0 Å². The summed E-state index contributed by atoms with van der Waals surface area (Å²) in [6.45, 7) is 1.28. The second-order valence-electron chi connectivity index (χ2n) is 3.63. The number of rotatable bonds is 0. The van der Waals surface area contributed by atoms with Gasteiger partial charge in [-0.1, -0.05) is 0 Å². The van der Waals surface area contributed by atoms with Gasteiger partial charge in [0.25, 0.3) is 0 Å². The summed E-state index contributed by atoms with van der Waals surface area (Å²) in [6, 6.07) is 0. The van der Waals surface area contributed by atoms with Crippen LogP contribution >= 0.6 is 0 Å². The molecule has 0 aromatic heterocycles. The Bertz CT molecular complexity index is 149. The number of piperidine rings is 1. The Morgan fingerprint density at radius 3 is 2.50 bits per heavy atom. The first-order chi connectivity index (χ1) is 4.81. The maximum atomic E-state index is 3.53. The van der Waals surface area contributed by atoms with E-state index >= 15 is 0 Å². The molecule has 1 N–H and O–H groups in total. The van der Waals surface area contributed by atoms with Crippen molar-refractivity contribution in [3.05, 3.63) is 0 Å². The molecule has 10 heavy (non-hydrogen) atoms. The third-order valence-electron chi connectivity index (χ3n) is 2.96. The van der Waals surface area contributed by atoms with Gasteiger partial charge >= 0.3 is 72.8 Å². The van der Waals surface area contributed by atoms with Gasteiger partial charge in [0.15, 0.2) is 0 Å². The van der Waals surface area contributed by atoms with E-state index in [0.717, 1.165) is 5.41 Å². The van der Waals surface area contributed by atoms with Crippen LogP contribution in [0.5, 0.6) is 0 Å². The molecule has 0 aromatic carbocycles. The minimum absolute atomic E-state index is 0.763. The van der Waals surface area contributed by atoms with Crippen LogP contribution in [0.1, 0.15) is 32.1 Å². The number of hydrogen-bond donors (Lipinski definition) is 1. The average molecular weight is 307 g/mol. The van der Waals surface area contributed by atoms with Gasteiger partial charge in [0.2, 0.25) is 0 Å². The van der Waals surface area contributed by atoms with E-state index in [1.54, 1.807) is 23.4 Å². The molecule has 56 valence electrons. The van der Waals surface area contributed by atoms with Gasteiger partial charge in [0, 0.05) is 0 Å². The Hall–Kier alpha value is 0.518. The number of nitrogens with one attached hydrogen (secondary N) is 1. The van der Waals surface area contributed by atoms with Crippen molar-refractivity contribution in [2.75, 3.05) is 6.54 Å². The zero-order valence-corrected chi connectivity index (χ0v) is 9.08. The van der Waals surface area contributed by atoms with E-state index in [9.17, 15) is 0 Å². The summed E-state index contributed by atoms with van der Waals surface area (Å²) in [5, 5.41) is 3.53. The molecule has 0 aromatic rings. The van der Waals surface area contributed by atoms with E-state index in [0.29, 0.717) is 0 Å². The summed E-state index contributed by atoms with van der Waals surface area (Å²) in [7, 11) is 0. The molecule has 1 heterocycles. The fourth-order valence-corrected chi connectivity index (χ4v) is 2.57. The molecule has 1 saturated carbocycles. The van der Waals surface area contributed by atoms with E-state index < -0.39 is 0 Å². The molecule has 2 heteroatoms. The van der Waals surface area contributed by atoms with Crippen LogP contribution < -0.4 is 5.32 Å². The molecule has 1 saturated heterocycles. The van der Waals surface area contributed by atoms with Gasteiger partial charge < -0.3 is 0 Å². The summed E-state index contributed by atoms with van der Waals surface area (Å²) in [5.74, 6) is 0. The SMILES string of the molecule is [W]=[C]1CCC2(CCC2)CN1. The zero-order valence-electron chi connectivity index (χ0n) is 6.15. The van der Waals surface area contributed by atoms with Crippen LogP contribution in [0.15, 0.2) is 0 Å². The summed E-state index contributed by atoms with van der Waals surface area (Å²) in [4.78, 5) is 0. The molecule has 2 fully saturated rings. The molecule has 0 amide bonds. The van der Waals surface area contributed by atoms with Crippen LogP contribution in [0, 0.1) is 5.41 Å². The summed E-state index contributed by atoms with van der Waals surface area (Å²) >= 11 is 1.64. The van der Waals surface area contributed by atoms with Crippen LogP contribution in [0.3, 0.4) is 0 Å². The molecule has 1 spiro atoms. The molecule has 1 aliphatic carbocycles. The van der Waals surface area contributed by atoms with Gasteiger partial charge in [-0.2, -0.15) is 0 Å². The fourth-order valence-electron chi connectivity index (χ4n) is 1.95. The first-order valence-corrected chi connectivity index (χ1v) is 5.54. The monoisotopic (exact) mass is 307 g/mol. The van der Waals surface area contributed by atoms with Crippen LogP contribution in [0.2, 0.25) is 0 Å². The first kappa shape index (κ1) is 7.18. The second-order valence-corrected chi connectivity index (χ2v) is 5.40. The van der Waals surface area contributed by atoms with E-state index in [4.69, 9.17) is 0 Å². The standard InChI is InChI=1S/C8H13N.W/c1-3-8(4-1)5-2-6-9-7-8;/h9H,1-5,7H2;. The Labute approximate surface area is 73.0 Å². The van der Waals surface area contributed by atoms with Crippen molar-refractivity contribution in [3.8, 4) is 0 Å². The van der Waals surface area contributed by atoms with Crippen molar-refractivity contribution in [1.29, 1.82) is 0 Å². The van der Waals surface area contributed by atoms with Crippen molar-refractivity contribution >= 4 is 4.02 Å². The molecule has 0 unspecified atom stereocenters. The molecule has 0 bridgehead atoms. The van der Waals surface area contributed by atoms with Gasteiger partial charge in [-0.25, -0.2) is 0 Å². The summed E-state index contributed by atoms with van der Waals surface area (Å²) < 4.78 is 1.58. The van der Waals surface area contributed by atoms with Gasteiger partial charge in [0.1, 0.15) is 0 Å². The Kier molecular flexibility index (Phi) is 1.82. The topological polar surface area (TPSA) is 12.0 Å². The molecule has 0 radical (unpaired) electrons. The van der Waals surface area contributed by atoms with Crippen molar-refractivity contribution < 1.29 is 19.4 Å². The summed E-state index contributed by atoms with van der Waals surface area (Å²) in [5.41, 5.74) is 0.763. The van der Waals surface area contributed by atoms with Gasteiger partial charge in [-0.15, -0.1) is 0 Å². The predicted octanol–water partition coefficient (Wildman–Crippen LogP) is 1.22. The second kappa shape index (κ2) is 2.53. The average Bonchev–Trinajstić information content (AvgIpc) is 1.86. The zero-order chi connectivity index (χ0) is 7.03. The van der Waals surface area contributed by atoms with Gasteiger partial charge in [-0.05, 0) is 0 Å². The molecule has 1 aliphatic heterocycles. The molecular formula is C8H13NW. The molecule has 1 nitrogen and oxygen atoms in total. The van der Waals surface area contributed by atoms with E-state index in [-0.39, 0.29) is 0 Å². The molecule has 2 aliphatic rings. The van der Waals surface area contributed by atoms with Gasteiger partial charge in [0.05, 0.1) is 0 Å². The first-order valence-electron chi connectivity index (χ1n) is 4.08. The minimum atomic E-state index is 0.763. The molecule has 0 atom stereocenters. The van der Waals surface area contributed by atoms with Crippen molar-refractivity contribution in [2.45, 2.75) is 32.1 Å². The van der Waals surface area contributed by atoms with Crippen molar-refractivity contribution in [1.82, 2.24) is 5.32 Å². The molecule has 2 rings (SSSR count). The van der Waals surface area contributed by atoms with Crippen LogP contribution in [0.25, 0.3) is 0 Å². The Balaban J connectivity index is 1.96. The normalized spacial score (nSPS) is 30.2. The third kappa shape index (κ3) is 1.14. The summed E-state index contributed by atoms with van der Waals surface area (Å²) in [6.07, 6.45) is 7.28. The number of hydrogen-bond acceptors (Lipinski definition) is 1. The van der Waals surface area contributed by atoms with E-state index in [1.165, 1.54) is 38.6 Å². The maximum absolute atomic E-state index is 3.53. The van der Waals surface area contributed by atoms with Crippen LogP contribution in [-0.2, 0) is 19.4 Å². The van der Waals surface area contributed by atoms with Gasteiger partial charge in [-0.3, -0.25) is 0 Å². The Morgan fingerprint density at radius 1 is 1.30 bits per heavy atom. The van der Waals surface area contributed by atoms with E-state index in [1.807, 2.05) is 0 Å².